The van der Waals surface area contributed by atoms with Crippen LogP contribution in [0.15, 0.2) is 146 Å². The van der Waals surface area contributed by atoms with Crippen LogP contribution < -0.4 is 4.74 Å². The summed E-state index contributed by atoms with van der Waals surface area (Å²) in [6.07, 6.45) is -3.73. The maximum Gasteiger partial charge on any atom is 0.338 e. The Labute approximate surface area is 308 Å². The van der Waals surface area contributed by atoms with Gasteiger partial charge in [-0.05, 0) is 53.4 Å². The first-order chi connectivity index (χ1) is 25.9. The fraction of sp³-hybridized carbons (Fsp3) is 0.227. The lowest BCUT2D eigenvalue weighted by Gasteiger charge is -2.46. The Balaban J connectivity index is 1.44. The van der Waals surface area contributed by atoms with Crippen molar-refractivity contribution in [1.82, 2.24) is 0 Å². The van der Waals surface area contributed by atoms with E-state index >= 15 is 4.39 Å². The summed E-state index contributed by atoms with van der Waals surface area (Å²) in [4.78, 5) is 25.8. The number of rotatable bonds is 15. The second-order valence-corrected chi connectivity index (χ2v) is 12.6. The van der Waals surface area contributed by atoms with Gasteiger partial charge in [0.2, 0.25) is 0 Å². The van der Waals surface area contributed by atoms with Gasteiger partial charge in [-0.3, -0.25) is 0 Å². The van der Waals surface area contributed by atoms with Crippen molar-refractivity contribution in [2.24, 2.45) is 0 Å². The summed E-state index contributed by atoms with van der Waals surface area (Å²) in [5.74, 6) is -2.50. The van der Waals surface area contributed by atoms with Crippen LogP contribution in [0.4, 0.5) is 4.39 Å². The third-order valence-electron chi connectivity index (χ3n) is 8.77. The van der Waals surface area contributed by atoms with Crippen molar-refractivity contribution in [3.05, 3.63) is 185 Å². The van der Waals surface area contributed by atoms with Crippen molar-refractivity contribution in [2.45, 2.75) is 57.3 Å². The third kappa shape index (κ3) is 9.91. The standard InChI is InChI=1S/C44H41FO8/c1-3-38(46)53-39-35(24-30(2)25-36(39)45)40-42(49-27-32-18-10-5-11-19-32)43(50-28-33-20-12-6-13-21-33)41(48-26-31-16-8-4-9-17-31)37(52-40)29-51-44(47)34-22-14-7-15-23-34/h3-25,37,40-43H,1,26-29H2,2H3/t37-,40-,41-,42-,43+/m1/s1. The van der Waals surface area contributed by atoms with E-state index in [0.717, 1.165) is 22.8 Å². The zero-order valence-electron chi connectivity index (χ0n) is 29.3. The molecule has 0 aliphatic carbocycles. The number of carbonyl (C=O) groups excluding carboxylic acids is 2. The lowest BCUT2D eigenvalue weighted by Crippen LogP contribution is -2.58. The second kappa shape index (κ2) is 18.3. The molecule has 8 nitrogen and oxygen atoms in total. The topological polar surface area (TPSA) is 89.5 Å². The molecule has 0 unspecified atom stereocenters. The summed E-state index contributed by atoms with van der Waals surface area (Å²) in [6.45, 7) is 5.47. The van der Waals surface area contributed by atoms with Gasteiger partial charge in [-0.2, -0.15) is 0 Å². The van der Waals surface area contributed by atoms with E-state index in [0.29, 0.717) is 11.1 Å². The van der Waals surface area contributed by atoms with Crippen LogP contribution in [0.2, 0.25) is 0 Å². The van der Waals surface area contributed by atoms with Gasteiger partial charge < -0.3 is 28.4 Å². The van der Waals surface area contributed by atoms with E-state index in [1.165, 1.54) is 6.07 Å². The SMILES string of the molecule is C=CC(=O)Oc1c(F)cc(C)cc1[C@H]1O[C@H](COC(=O)c2ccccc2)[C@@H](OCc2ccccc2)[C@H](OCc2ccccc2)[C@@H]1OCc1ccccc1. The van der Waals surface area contributed by atoms with Crippen molar-refractivity contribution in [3.63, 3.8) is 0 Å². The smallest absolute Gasteiger partial charge is 0.338 e. The molecule has 9 heteroatoms. The van der Waals surface area contributed by atoms with Crippen LogP contribution in [0.5, 0.6) is 5.75 Å². The molecule has 272 valence electrons. The van der Waals surface area contributed by atoms with E-state index in [9.17, 15) is 9.59 Å². The van der Waals surface area contributed by atoms with E-state index < -0.39 is 48.3 Å². The van der Waals surface area contributed by atoms with Crippen LogP contribution in [0.1, 0.15) is 44.3 Å². The van der Waals surface area contributed by atoms with E-state index in [1.807, 2.05) is 91.0 Å². The molecule has 0 aromatic heterocycles. The van der Waals surface area contributed by atoms with Gasteiger partial charge in [0.1, 0.15) is 37.1 Å². The number of esters is 2. The first kappa shape index (κ1) is 37.3. The van der Waals surface area contributed by atoms with E-state index in [1.54, 1.807) is 43.3 Å². The molecular formula is C44H41FO8. The van der Waals surface area contributed by atoms with Crippen molar-refractivity contribution >= 4 is 11.9 Å². The zero-order valence-corrected chi connectivity index (χ0v) is 29.3. The van der Waals surface area contributed by atoms with Gasteiger partial charge in [0.25, 0.3) is 0 Å². The minimum atomic E-state index is -1.08. The third-order valence-corrected chi connectivity index (χ3v) is 8.77. The summed E-state index contributed by atoms with van der Waals surface area (Å²) >= 11 is 0. The Bertz CT molecular complexity index is 1940. The first-order valence-electron chi connectivity index (χ1n) is 17.4. The Morgan fingerprint density at radius 1 is 0.698 bits per heavy atom. The van der Waals surface area contributed by atoms with E-state index in [2.05, 4.69) is 6.58 Å². The number of benzene rings is 5. The van der Waals surface area contributed by atoms with Crippen LogP contribution in [0.25, 0.3) is 0 Å². The van der Waals surface area contributed by atoms with Crippen molar-refractivity contribution < 1.29 is 42.4 Å². The molecule has 1 aliphatic heterocycles. The zero-order chi connectivity index (χ0) is 37.0. The summed E-state index contributed by atoms with van der Waals surface area (Å²) in [7, 11) is 0. The van der Waals surface area contributed by atoms with Gasteiger partial charge in [-0.15, -0.1) is 0 Å². The maximum absolute atomic E-state index is 15.8. The highest BCUT2D eigenvalue weighted by molar-refractivity contribution is 5.89. The van der Waals surface area contributed by atoms with E-state index in [-0.39, 0.29) is 37.7 Å². The van der Waals surface area contributed by atoms with Gasteiger partial charge in [0.15, 0.2) is 11.6 Å². The molecule has 0 bridgehead atoms. The van der Waals surface area contributed by atoms with Crippen molar-refractivity contribution in [3.8, 4) is 5.75 Å². The molecule has 1 heterocycles. The molecular weight excluding hydrogens is 675 g/mol. The maximum atomic E-state index is 15.8. The summed E-state index contributed by atoms with van der Waals surface area (Å²) in [5, 5.41) is 0. The largest absolute Gasteiger partial charge is 0.459 e. The molecule has 5 atom stereocenters. The number of halogens is 1. The van der Waals surface area contributed by atoms with Gasteiger partial charge in [0, 0.05) is 11.6 Å². The van der Waals surface area contributed by atoms with Gasteiger partial charge >= 0.3 is 11.9 Å². The lowest BCUT2D eigenvalue weighted by atomic mass is 9.89. The summed E-state index contributed by atoms with van der Waals surface area (Å²) < 4.78 is 54.1. The fourth-order valence-electron chi connectivity index (χ4n) is 6.20. The number of aryl methyl sites for hydroxylation is 1. The normalized spacial score (nSPS) is 19.6. The van der Waals surface area contributed by atoms with Gasteiger partial charge in [0.05, 0.1) is 25.4 Å². The molecule has 5 aromatic rings. The Morgan fingerprint density at radius 2 is 1.19 bits per heavy atom. The average Bonchev–Trinajstić information content (AvgIpc) is 3.20. The highest BCUT2D eigenvalue weighted by Crippen LogP contribution is 2.43. The van der Waals surface area contributed by atoms with Gasteiger partial charge in [-0.25, -0.2) is 14.0 Å². The Kier molecular flexibility index (Phi) is 12.9. The molecule has 0 amide bonds. The monoisotopic (exact) mass is 716 g/mol. The predicted molar refractivity (Wildman–Crippen MR) is 196 cm³/mol. The quantitative estimate of drug-likeness (QED) is 0.0608. The highest BCUT2D eigenvalue weighted by atomic mass is 19.1. The first-order valence-corrected chi connectivity index (χ1v) is 17.4. The molecule has 5 aromatic carbocycles. The van der Waals surface area contributed by atoms with Crippen molar-refractivity contribution in [1.29, 1.82) is 0 Å². The molecule has 1 aliphatic rings. The summed E-state index contributed by atoms with van der Waals surface area (Å²) in [6, 6.07) is 40.4. The van der Waals surface area contributed by atoms with Crippen molar-refractivity contribution in [2.75, 3.05) is 6.61 Å². The van der Waals surface area contributed by atoms with Gasteiger partial charge in [-0.1, -0.05) is 116 Å². The minimum absolute atomic E-state index is 0.145. The molecule has 53 heavy (non-hydrogen) atoms. The molecule has 1 saturated heterocycles. The van der Waals surface area contributed by atoms with Crippen LogP contribution in [0.3, 0.4) is 0 Å². The molecule has 1 fully saturated rings. The fourth-order valence-corrected chi connectivity index (χ4v) is 6.20. The number of hydrogen-bond acceptors (Lipinski definition) is 8. The number of carbonyl (C=O) groups is 2. The molecule has 0 spiro atoms. The van der Waals surface area contributed by atoms with Crippen LogP contribution in [0, 0.1) is 12.7 Å². The molecule has 0 radical (unpaired) electrons. The number of hydrogen-bond donors (Lipinski definition) is 0. The van der Waals surface area contributed by atoms with Crippen LogP contribution in [-0.4, -0.2) is 43.0 Å². The molecule has 0 saturated carbocycles. The predicted octanol–water partition coefficient (Wildman–Crippen LogP) is 8.28. The highest BCUT2D eigenvalue weighted by Gasteiger charge is 2.50. The number of ether oxygens (including phenoxy) is 6. The van der Waals surface area contributed by atoms with E-state index in [4.69, 9.17) is 28.4 Å². The average molecular weight is 717 g/mol. The Morgan fingerprint density at radius 3 is 1.72 bits per heavy atom. The minimum Gasteiger partial charge on any atom is -0.459 e. The summed E-state index contributed by atoms with van der Waals surface area (Å²) in [5.41, 5.74) is 3.80. The molecule has 6 rings (SSSR count). The lowest BCUT2D eigenvalue weighted by molar-refractivity contribution is -0.272. The molecule has 0 N–H and O–H groups in total. The Hall–Kier alpha value is -5.45. The second-order valence-electron chi connectivity index (χ2n) is 12.6. The van der Waals surface area contributed by atoms with Crippen LogP contribution in [-0.2, 0) is 48.3 Å². The van der Waals surface area contributed by atoms with Crippen LogP contribution >= 0.6 is 0 Å².